The van der Waals surface area contributed by atoms with Gasteiger partial charge in [-0.1, -0.05) is 0 Å². The first-order valence-corrected chi connectivity index (χ1v) is 12.8. The highest BCUT2D eigenvalue weighted by molar-refractivity contribution is 7.92. The van der Waals surface area contributed by atoms with Crippen molar-refractivity contribution in [3.8, 4) is 17.0 Å². The van der Waals surface area contributed by atoms with Crippen LogP contribution >= 0.6 is 11.3 Å². The largest absolute Gasteiger partial charge is 0.494 e. The Bertz CT molecular complexity index is 1280. The molecule has 12 heteroatoms. The van der Waals surface area contributed by atoms with Crippen molar-refractivity contribution in [1.29, 1.82) is 0 Å². The van der Waals surface area contributed by atoms with Crippen LogP contribution in [-0.2, 0) is 9.84 Å². The number of sulfone groups is 1. The lowest BCUT2D eigenvalue weighted by Crippen LogP contribution is -2.40. The molecule has 1 saturated heterocycles. The zero-order chi connectivity index (χ0) is 24.6. The van der Waals surface area contributed by atoms with Crippen molar-refractivity contribution < 1.29 is 35.1 Å². The average molecular weight is 519 g/mol. The monoisotopic (exact) mass is 518 g/mol. The first-order valence-electron chi connectivity index (χ1n) is 10.3. The van der Waals surface area contributed by atoms with Crippen LogP contribution in [0.4, 0.5) is 27.1 Å². The van der Waals surface area contributed by atoms with Crippen LogP contribution in [0, 0.1) is 29.1 Å². The van der Waals surface area contributed by atoms with Crippen LogP contribution in [-0.4, -0.2) is 38.3 Å². The van der Waals surface area contributed by atoms with E-state index in [2.05, 4.69) is 4.98 Å². The second kappa shape index (κ2) is 9.49. The van der Waals surface area contributed by atoms with Crippen molar-refractivity contribution in [2.24, 2.45) is 0 Å². The van der Waals surface area contributed by atoms with Gasteiger partial charge < -0.3 is 9.64 Å². The lowest BCUT2D eigenvalue weighted by Gasteiger charge is -2.31. The SMILES string of the molecule is CCOc1ccc(-c2csc(N3CCC(S(=O)(=O)c4c(F)c(F)c(F)c(F)c4F)CC3)n2)cc1. The zero-order valence-electron chi connectivity index (χ0n) is 17.8. The van der Waals surface area contributed by atoms with Crippen molar-refractivity contribution in [2.45, 2.75) is 29.9 Å². The van der Waals surface area contributed by atoms with Crippen molar-refractivity contribution in [3.05, 3.63) is 58.7 Å². The van der Waals surface area contributed by atoms with E-state index in [-0.39, 0.29) is 25.9 Å². The molecule has 2 heterocycles. The first kappa shape index (κ1) is 24.4. The average Bonchev–Trinajstić information content (AvgIpc) is 3.33. The number of piperidine rings is 1. The quantitative estimate of drug-likeness (QED) is 0.191. The van der Waals surface area contributed by atoms with Crippen LogP contribution in [0.3, 0.4) is 0 Å². The predicted molar refractivity (Wildman–Crippen MR) is 117 cm³/mol. The van der Waals surface area contributed by atoms with Gasteiger partial charge in [0.05, 0.1) is 17.6 Å². The van der Waals surface area contributed by atoms with Gasteiger partial charge >= 0.3 is 0 Å². The van der Waals surface area contributed by atoms with Crippen LogP contribution in [0.5, 0.6) is 5.75 Å². The fourth-order valence-corrected chi connectivity index (χ4v) is 6.52. The first-order chi connectivity index (χ1) is 16.1. The molecule has 5 nitrogen and oxygen atoms in total. The van der Waals surface area contributed by atoms with Gasteiger partial charge in [-0.25, -0.2) is 35.4 Å². The number of hydrogen-bond acceptors (Lipinski definition) is 6. The minimum Gasteiger partial charge on any atom is -0.494 e. The van der Waals surface area contributed by atoms with Gasteiger partial charge in [-0.2, -0.15) is 0 Å². The molecule has 1 aliphatic heterocycles. The molecular formula is C22H19F5N2O3S2. The van der Waals surface area contributed by atoms with E-state index in [4.69, 9.17) is 4.74 Å². The number of hydrogen-bond donors (Lipinski definition) is 0. The van der Waals surface area contributed by atoms with E-state index in [9.17, 15) is 30.4 Å². The Morgan fingerprint density at radius 1 is 0.971 bits per heavy atom. The number of aromatic nitrogens is 1. The number of halogens is 5. The molecule has 1 fully saturated rings. The standard InChI is InChI=1S/C22H19F5N2O3S2/c1-2-32-13-5-3-12(4-6-13)15-11-33-22(28-15)29-9-7-14(8-10-29)34(30,31)21-19(26)17(24)16(23)18(25)20(21)27/h3-6,11,14H,2,7-10H2,1H3. The Balaban J connectivity index is 1.49. The summed E-state index contributed by atoms with van der Waals surface area (Å²) in [5.41, 5.74) is 1.59. The Kier molecular flexibility index (Phi) is 6.81. The third-order valence-electron chi connectivity index (χ3n) is 5.56. The highest BCUT2D eigenvalue weighted by atomic mass is 32.2. The van der Waals surface area contributed by atoms with Gasteiger partial charge in [-0.05, 0) is 44.0 Å². The fourth-order valence-electron chi connectivity index (χ4n) is 3.79. The van der Waals surface area contributed by atoms with Crippen molar-refractivity contribution >= 4 is 26.3 Å². The Hall–Kier alpha value is -2.73. The molecule has 3 aromatic rings. The van der Waals surface area contributed by atoms with E-state index in [1.54, 1.807) is 0 Å². The van der Waals surface area contributed by atoms with E-state index >= 15 is 0 Å². The molecule has 0 atom stereocenters. The summed E-state index contributed by atoms with van der Waals surface area (Å²) in [5.74, 6) is -10.9. The predicted octanol–water partition coefficient (Wildman–Crippen LogP) is 5.35. The van der Waals surface area contributed by atoms with Crippen LogP contribution in [0.1, 0.15) is 19.8 Å². The van der Waals surface area contributed by atoms with Gasteiger partial charge in [0.25, 0.3) is 0 Å². The fraction of sp³-hybridized carbons (Fsp3) is 0.318. The number of nitrogens with zero attached hydrogens (tertiary/aromatic N) is 2. The van der Waals surface area contributed by atoms with E-state index in [1.165, 1.54) is 11.3 Å². The van der Waals surface area contributed by atoms with E-state index in [0.29, 0.717) is 11.7 Å². The molecule has 182 valence electrons. The summed E-state index contributed by atoms with van der Waals surface area (Å²) in [4.78, 5) is 4.64. The summed E-state index contributed by atoms with van der Waals surface area (Å²) in [5, 5.41) is 1.20. The summed E-state index contributed by atoms with van der Waals surface area (Å²) in [6.07, 6.45) is -0.112. The number of benzene rings is 2. The van der Waals surface area contributed by atoms with Gasteiger partial charge in [-0.15, -0.1) is 11.3 Å². The maximum atomic E-state index is 14.1. The Labute approximate surface area is 196 Å². The molecule has 4 rings (SSSR count). The van der Waals surface area contributed by atoms with Gasteiger partial charge in [-0.3, -0.25) is 0 Å². The molecule has 2 aromatic carbocycles. The minimum absolute atomic E-state index is 0.0558. The second-order valence-corrected chi connectivity index (χ2v) is 10.6. The van der Waals surface area contributed by atoms with Crippen molar-refractivity contribution in [3.63, 3.8) is 0 Å². The molecule has 0 saturated carbocycles. The molecule has 1 aromatic heterocycles. The van der Waals surface area contributed by atoms with E-state index in [0.717, 1.165) is 17.0 Å². The van der Waals surface area contributed by atoms with Crippen LogP contribution in [0.15, 0.2) is 34.5 Å². The summed E-state index contributed by atoms with van der Waals surface area (Å²) >= 11 is 1.35. The van der Waals surface area contributed by atoms with Crippen LogP contribution in [0.25, 0.3) is 11.3 Å². The third kappa shape index (κ3) is 4.36. The molecule has 0 bridgehead atoms. The van der Waals surface area contributed by atoms with Crippen molar-refractivity contribution in [2.75, 3.05) is 24.6 Å². The molecular weight excluding hydrogens is 499 g/mol. The number of ether oxygens (including phenoxy) is 1. The topological polar surface area (TPSA) is 59.5 Å². The van der Waals surface area contributed by atoms with Gasteiger partial charge in [0.2, 0.25) is 5.82 Å². The number of anilines is 1. The maximum Gasteiger partial charge on any atom is 0.200 e. The smallest absolute Gasteiger partial charge is 0.200 e. The highest BCUT2D eigenvalue weighted by Gasteiger charge is 2.39. The highest BCUT2D eigenvalue weighted by Crippen LogP contribution is 2.35. The zero-order valence-corrected chi connectivity index (χ0v) is 19.5. The third-order valence-corrected chi connectivity index (χ3v) is 8.74. The lowest BCUT2D eigenvalue weighted by molar-refractivity contribution is 0.340. The van der Waals surface area contributed by atoms with Gasteiger partial charge in [0.1, 0.15) is 10.6 Å². The molecule has 0 radical (unpaired) electrons. The van der Waals surface area contributed by atoms with Crippen LogP contribution in [0.2, 0.25) is 0 Å². The minimum atomic E-state index is -4.79. The summed E-state index contributed by atoms with van der Waals surface area (Å²) in [6.45, 7) is 2.82. The summed E-state index contributed by atoms with van der Waals surface area (Å²) < 4.78 is 99.5. The van der Waals surface area contributed by atoms with E-state index in [1.807, 2.05) is 41.5 Å². The molecule has 1 aliphatic rings. The Morgan fingerprint density at radius 3 is 2.09 bits per heavy atom. The summed E-state index contributed by atoms with van der Waals surface area (Å²) in [6, 6.07) is 7.39. The maximum absolute atomic E-state index is 14.1. The molecule has 34 heavy (non-hydrogen) atoms. The molecule has 0 aliphatic carbocycles. The van der Waals surface area contributed by atoms with Gasteiger partial charge in [0.15, 0.2) is 38.2 Å². The summed E-state index contributed by atoms with van der Waals surface area (Å²) in [7, 11) is -4.79. The second-order valence-electron chi connectivity index (χ2n) is 7.60. The molecule has 0 unspecified atom stereocenters. The van der Waals surface area contributed by atoms with E-state index < -0.39 is 49.1 Å². The van der Waals surface area contributed by atoms with Crippen LogP contribution < -0.4 is 9.64 Å². The number of rotatable bonds is 6. The Morgan fingerprint density at radius 2 is 1.53 bits per heavy atom. The molecule has 0 spiro atoms. The molecule has 0 N–H and O–H groups in total. The number of thiazole rings is 1. The normalized spacial score (nSPS) is 15.1. The van der Waals surface area contributed by atoms with Gasteiger partial charge in [0, 0.05) is 24.0 Å². The molecule has 0 amide bonds. The lowest BCUT2D eigenvalue weighted by atomic mass is 10.1. The van der Waals surface area contributed by atoms with Crippen molar-refractivity contribution in [1.82, 2.24) is 4.98 Å².